The predicted molar refractivity (Wildman–Crippen MR) is 74.4 cm³/mol. The van der Waals surface area contributed by atoms with Crippen molar-refractivity contribution in [2.75, 3.05) is 13.1 Å². The molecule has 0 spiro atoms. The number of nitrogens with one attached hydrogen (secondary N) is 2. The molecule has 18 heavy (non-hydrogen) atoms. The Kier molecular flexibility index (Phi) is 4.66. The van der Waals surface area contributed by atoms with Gasteiger partial charge in [-0.1, -0.05) is 33.1 Å². The summed E-state index contributed by atoms with van der Waals surface area (Å²) in [5.74, 6) is 0.502. The quantitative estimate of drug-likeness (QED) is 0.810. The van der Waals surface area contributed by atoms with Crippen molar-refractivity contribution in [2.24, 2.45) is 11.3 Å². The van der Waals surface area contributed by atoms with Crippen LogP contribution in [0.25, 0.3) is 0 Å². The number of piperidine rings is 1. The van der Waals surface area contributed by atoms with Crippen molar-refractivity contribution in [1.82, 2.24) is 10.6 Å². The Morgan fingerprint density at radius 2 is 2.00 bits per heavy atom. The van der Waals surface area contributed by atoms with E-state index < -0.39 is 0 Å². The van der Waals surface area contributed by atoms with Gasteiger partial charge in [-0.25, -0.2) is 0 Å². The highest BCUT2D eigenvalue weighted by atomic mass is 16.1. The van der Waals surface area contributed by atoms with Crippen molar-refractivity contribution in [2.45, 2.75) is 64.8 Å². The minimum absolute atomic E-state index is 0.183. The Balaban J connectivity index is 1.79. The number of amides is 1. The van der Waals surface area contributed by atoms with E-state index in [1.54, 1.807) is 0 Å². The molecule has 3 heteroatoms. The van der Waals surface area contributed by atoms with Gasteiger partial charge in [0, 0.05) is 18.5 Å². The van der Waals surface area contributed by atoms with Gasteiger partial charge in [-0.3, -0.25) is 4.79 Å². The number of hydrogen-bond acceptors (Lipinski definition) is 2. The van der Waals surface area contributed by atoms with Crippen LogP contribution >= 0.6 is 0 Å². The van der Waals surface area contributed by atoms with E-state index in [1.165, 1.54) is 38.5 Å². The Morgan fingerprint density at radius 1 is 1.22 bits per heavy atom. The molecule has 0 aromatic rings. The predicted octanol–water partition coefficient (Wildman–Crippen LogP) is 2.46. The fourth-order valence-electron chi connectivity index (χ4n) is 3.43. The van der Waals surface area contributed by atoms with E-state index in [0.29, 0.717) is 6.04 Å². The van der Waals surface area contributed by atoms with E-state index in [9.17, 15) is 4.79 Å². The standard InChI is InChI=1S/C15H28N2O/c1-15(2)9-5-3-8-13(15)14(18)17-11-12-7-4-6-10-16-12/h12-13,16H,3-11H2,1-2H3,(H,17,18). The zero-order valence-electron chi connectivity index (χ0n) is 11.9. The lowest BCUT2D eigenvalue weighted by Crippen LogP contribution is -2.47. The molecule has 2 fully saturated rings. The van der Waals surface area contributed by atoms with Crippen LogP contribution < -0.4 is 10.6 Å². The molecule has 2 unspecified atom stereocenters. The average Bonchev–Trinajstić information content (AvgIpc) is 2.37. The lowest BCUT2D eigenvalue weighted by Gasteiger charge is -2.37. The second-order valence-electron chi connectivity index (χ2n) is 6.68. The summed E-state index contributed by atoms with van der Waals surface area (Å²) >= 11 is 0. The Labute approximate surface area is 111 Å². The van der Waals surface area contributed by atoms with Gasteiger partial charge < -0.3 is 10.6 Å². The van der Waals surface area contributed by atoms with Crippen molar-refractivity contribution >= 4 is 5.91 Å². The maximum Gasteiger partial charge on any atom is 0.223 e. The molecule has 1 aliphatic heterocycles. The third kappa shape index (κ3) is 3.47. The topological polar surface area (TPSA) is 41.1 Å². The van der Waals surface area contributed by atoms with E-state index in [1.807, 2.05) is 0 Å². The minimum Gasteiger partial charge on any atom is -0.354 e. The molecule has 0 radical (unpaired) electrons. The summed E-state index contributed by atoms with van der Waals surface area (Å²) in [4.78, 5) is 12.3. The van der Waals surface area contributed by atoms with Crippen LogP contribution in [-0.2, 0) is 4.79 Å². The Hall–Kier alpha value is -0.570. The summed E-state index contributed by atoms with van der Waals surface area (Å²) in [5.41, 5.74) is 0.183. The van der Waals surface area contributed by atoms with E-state index in [-0.39, 0.29) is 17.2 Å². The summed E-state index contributed by atoms with van der Waals surface area (Å²) in [7, 11) is 0. The first-order valence-corrected chi connectivity index (χ1v) is 7.61. The molecule has 1 saturated carbocycles. The van der Waals surface area contributed by atoms with Crippen molar-refractivity contribution in [3.8, 4) is 0 Å². The second kappa shape index (κ2) is 6.05. The molecule has 1 saturated heterocycles. The first-order valence-electron chi connectivity index (χ1n) is 7.61. The lowest BCUT2D eigenvalue weighted by molar-refractivity contribution is -0.130. The summed E-state index contributed by atoms with van der Waals surface area (Å²) in [6.07, 6.45) is 8.52. The SMILES string of the molecule is CC1(C)CCCCC1C(=O)NCC1CCCCN1. The lowest BCUT2D eigenvalue weighted by atomic mass is 9.68. The van der Waals surface area contributed by atoms with Crippen molar-refractivity contribution < 1.29 is 4.79 Å². The molecule has 0 aromatic heterocycles. The molecule has 0 aromatic carbocycles. The van der Waals surface area contributed by atoms with Gasteiger partial charge >= 0.3 is 0 Å². The normalized spacial score (nSPS) is 31.9. The second-order valence-corrected chi connectivity index (χ2v) is 6.68. The highest BCUT2D eigenvalue weighted by molar-refractivity contribution is 5.79. The van der Waals surface area contributed by atoms with Crippen molar-refractivity contribution in [3.05, 3.63) is 0 Å². The number of hydrogen-bond donors (Lipinski definition) is 2. The molecule has 1 heterocycles. The van der Waals surface area contributed by atoms with E-state index in [0.717, 1.165) is 19.5 Å². The van der Waals surface area contributed by atoms with Crippen LogP contribution in [-0.4, -0.2) is 25.0 Å². The molecule has 3 nitrogen and oxygen atoms in total. The molecule has 2 aliphatic rings. The number of carbonyl (C=O) groups excluding carboxylic acids is 1. The summed E-state index contributed by atoms with van der Waals surface area (Å²) in [6.45, 7) is 6.41. The van der Waals surface area contributed by atoms with E-state index >= 15 is 0 Å². The van der Waals surface area contributed by atoms with Crippen LogP contribution in [0.2, 0.25) is 0 Å². The highest BCUT2D eigenvalue weighted by Crippen LogP contribution is 2.40. The van der Waals surface area contributed by atoms with Gasteiger partial charge in [-0.05, 0) is 37.6 Å². The van der Waals surface area contributed by atoms with Gasteiger partial charge in [-0.2, -0.15) is 0 Å². The Morgan fingerprint density at radius 3 is 2.67 bits per heavy atom. The van der Waals surface area contributed by atoms with Gasteiger partial charge in [0.1, 0.15) is 0 Å². The fraction of sp³-hybridized carbons (Fsp3) is 0.933. The maximum absolute atomic E-state index is 12.3. The largest absolute Gasteiger partial charge is 0.354 e. The maximum atomic E-state index is 12.3. The van der Waals surface area contributed by atoms with Gasteiger partial charge in [0.25, 0.3) is 0 Å². The number of rotatable bonds is 3. The van der Waals surface area contributed by atoms with E-state index in [4.69, 9.17) is 0 Å². The molecule has 2 N–H and O–H groups in total. The molecule has 0 bridgehead atoms. The highest BCUT2D eigenvalue weighted by Gasteiger charge is 2.37. The zero-order chi connectivity index (χ0) is 13.0. The van der Waals surface area contributed by atoms with Crippen LogP contribution in [0.4, 0.5) is 0 Å². The summed E-state index contributed by atoms with van der Waals surface area (Å²) in [6, 6.07) is 0.495. The first-order chi connectivity index (χ1) is 8.59. The zero-order valence-corrected chi connectivity index (χ0v) is 11.9. The molecule has 1 amide bonds. The third-order valence-electron chi connectivity index (χ3n) is 4.76. The van der Waals surface area contributed by atoms with Gasteiger partial charge in [0.2, 0.25) is 5.91 Å². The van der Waals surface area contributed by atoms with Gasteiger partial charge in [0.05, 0.1) is 0 Å². The van der Waals surface area contributed by atoms with Crippen LogP contribution in [0.1, 0.15) is 58.8 Å². The molecule has 2 rings (SSSR count). The van der Waals surface area contributed by atoms with E-state index in [2.05, 4.69) is 24.5 Å². The smallest absolute Gasteiger partial charge is 0.223 e. The average molecular weight is 252 g/mol. The molecule has 2 atom stereocenters. The molecular weight excluding hydrogens is 224 g/mol. The first kappa shape index (κ1) is 13.9. The molecular formula is C15H28N2O. The number of carbonyl (C=O) groups is 1. The van der Waals surface area contributed by atoms with Gasteiger partial charge in [-0.15, -0.1) is 0 Å². The Bertz CT molecular complexity index is 282. The van der Waals surface area contributed by atoms with Crippen LogP contribution in [0.3, 0.4) is 0 Å². The van der Waals surface area contributed by atoms with Crippen molar-refractivity contribution in [3.63, 3.8) is 0 Å². The molecule has 104 valence electrons. The molecule has 1 aliphatic carbocycles. The summed E-state index contributed by atoms with van der Waals surface area (Å²) in [5, 5.41) is 6.66. The third-order valence-corrected chi connectivity index (χ3v) is 4.76. The van der Waals surface area contributed by atoms with Gasteiger partial charge in [0.15, 0.2) is 0 Å². The van der Waals surface area contributed by atoms with Crippen LogP contribution in [0.5, 0.6) is 0 Å². The summed E-state index contributed by atoms with van der Waals surface area (Å²) < 4.78 is 0. The van der Waals surface area contributed by atoms with Crippen molar-refractivity contribution in [1.29, 1.82) is 0 Å². The minimum atomic E-state index is 0.183. The monoisotopic (exact) mass is 252 g/mol. The van der Waals surface area contributed by atoms with Crippen LogP contribution in [0.15, 0.2) is 0 Å². The fourth-order valence-corrected chi connectivity index (χ4v) is 3.43. The van der Waals surface area contributed by atoms with Crippen LogP contribution in [0, 0.1) is 11.3 Å².